The Morgan fingerprint density at radius 2 is 1.80 bits per heavy atom. The number of carbonyl (C=O) groups is 2. The van der Waals surface area contributed by atoms with Gasteiger partial charge in [0.15, 0.2) is 0 Å². The summed E-state index contributed by atoms with van der Waals surface area (Å²) in [6.45, 7) is 0.600. The molecule has 132 valence electrons. The largest absolute Gasteiger partial charge is 0.496 e. The van der Waals surface area contributed by atoms with Crippen LogP contribution in [0.4, 0.5) is 0 Å². The van der Waals surface area contributed by atoms with E-state index >= 15 is 0 Å². The molecule has 0 aliphatic rings. The van der Waals surface area contributed by atoms with Crippen molar-refractivity contribution in [3.63, 3.8) is 0 Å². The smallest absolute Gasteiger partial charge is 0.307 e. The second-order valence-electron chi connectivity index (χ2n) is 5.38. The summed E-state index contributed by atoms with van der Waals surface area (Å²) in [5.41, 5.74) is 1.32. The van der Waals surface area contributed by atoms with Gasteiger partial charge in [-0.25, -0.2) is 0 Å². The molecule has 0 spiro atoms. The van der Waals surface area contributed by atoms with Crippen molar-refractivity contribution in [2.45, 2.75) is 13.0 Å². The molecular weight excluding hydrogens is 342 g/mol. The molecule has 0 fully saturated rings. The molecular formula is C19H20ClNO4. The van der Waals surface area contributed by atoms with Gasteiger partial charge in [0.05, 0.1) is 26.2 Å². The normalized spacial score (nSPS) is 10.2. The summed E-state index contributed by atoms with van der Waals surface area (Å²) in [4.78, 5) is 26.1. The molecule has 0 saturated heterocycles. The molecule has 2 aromatic rings. The molecule has 0 unspecified atom stereocenters. The molecule has 0 aliphatic carbocycles. The first-order chi connectivity index (χ1) is 12.0. The SMILES string of the molecule is COC(=O)CCN(Cc1ccccc1)C(=O)c1cc(Cl)ccc1OC. The number of nitrogens with zero attached hydrogens (tertiary/aromatic N) is 1. The highest BCUT2D eigenvalue weighted by Crippen LogP contribution is 2.25. The van der Waals surface area contributed by atoms with Crippen molar-refractivity contribution < 1.29 is 19.1 Å². The van der Waals surface area contributed by atoms with Crippen molar-refractivity contribution in [3.05, 3.63) is 64.7 Å². The second kappa shape index (κ2) is 9.08. The Hall–Kier alpha value is -2.53. The third-order valence-electron chi connectivity index (χ3n) is 3.71. The number of halogens is 1. The first kappa shape index (κ1) is 18.8. The first-order valence-electron chi connectivity index (χ1n) is 7.78. The number of hydrogen-bond donors (Lipinski definition) is 0. The number of benzene rings is 2. The molecule has 0 bridgehead atoms. The molecule has 5 nitrogen and oxygen atoms in total. The number of hydrogen-bond acceptors (Lipinski definition) is 4. The Morgan fingerprint density at radius 1 is 1.08 bits per heavy atom. The highest BCUT2D eigenvalue weighted by Gasteiger charge is 2.21. The van der Waals surface area contributed by atoms with Crippen LogP contribution in [0.2, 0.25) is 5.02 Å². The van der Waals surface area contributed by atoms with Crippen molar-refractivity contribution in [2.24, 2.45) is 0 Å². The standard InChI is InChI=1S/C19H20ClNO4/c1-24-17-9-8-15(20)12-16(17)19(23)21(11-10-18(22)25-2)13-14-6-4-3-5-7-14/h3-9,12H,10-11,13H2,1-2H3. The lowest BCUT2D eigenvalue weighted by Gasteiger charge is -2.23. The van der Waals surface area contributed by atoms with Crippen LogP contribution in [-0.4, -0.2) is 37.5 Å². The molecule has 0 saturated carbocycles. The van der Waals surface area contributed by atoms with Gasteiger partial charge in [-0.15, -0.1) is 0 Å². The molecule has 0 radical (unpaired) electrons. The molecule has 25 heavy (non-hydrogen) atoms. The Morgan fingerprint density at radius 3 is 2.44 bits per heavy atom. The zero-order valence-corrected chi connectivity index (χ0v) is 15.0. The van der Waals surface area contributed by atoms with Gasteiger partial charge >= 0.3 is 5.97 Å². The Kier molecular flexibility index (Phi) is 6.83. The van der Waals surface area contributed by atoms with Crippen LogP contribution in [0.15, 0.2) is 48.5 Å². The van der Waals surface area contributed by atoms with Crippen LogP contribution >= 0.6 is 11.6 Å². The van der Waals surface area contributed by atoms with Gasteiger partial charge in [0.2, 0.25) is 0 Å². The third-order valence-corrected chi connectivity index (χ3v) is 3.94. The van der Waals surface area contributed by atoms with Gasteiger partial charge in [-0.3, -0.25) is 9.59 Å². The number of carbonyl (C=O) groups excluding carboxylic acids is 2. The van der Waals surface area contributed by atoms with Gasteiger partial charge in [0.1, 0.15) is 5.75 Å². The molecule has 0 aliphatic heterocycles. The second-order valence-corrected chi connectivity index (χ2v) is 5.82. The van der Waals surface area contributed by atoms with E-state index in [9.17, 15) is 9.59 Å². The van der Waals surface area contributed by atoms with Crippen LogP contribution in [0, 0.1) is 0 Å². The van der Waals surface area contributed by atoms with Crippen LogP contribution in [0.1, 0.15) is 22.3 Å². The number of methoxy groups -OCH3 is 2. The van der Waals surface area contributed by atoms with Crippen molar-refractivity contribution >= 4 is 23.5 Å². The third kappa shape index (κ3) is 5.22. The fourth-order valence-electron chi connectivity index (χ4n) is 2.40. The predicted molar refractivity (Wildman–Crippen MR) is 95.8 cm³/mol. The lowest BCUT2D eigenvalue weighted by molar-refractivity contribution is -0.140. The first-order valence-corrected chi connectivity index (χ1v) is 8.16. The fourth-order valence-corrected chi connectivity index (χ4v) is 2.57. The number of rotatable bonds is 7. The van der Waals surface area contributed by atoms with E-state index in [1.54, 1.807) is 23.1 Å². The maximum atomic E-state index is 13.0. The summed E-state index contributed by atoms with van der Waals surface area (Å²) >= 11 is 6.03. The average Bonchev–Trinajstić information content (AvgIpc) is 2.65. The zero-order chi connectivity index (χ0) is 18.2. The molecule has 2 rings (SSSR count). The number of ether oxygens (including phenoxy) is 2. The predicted octanol–water partition coefficient (Wildman–Crippen LogP) is 3.55. The van der Waals surface area contributed by atoms with Crippen molar-refractivity contribution in [1.82, 2.24) is 4.90 Å². The number of esters is 1. The Labute approximate surface area is 152 Å². The lowest BCUT2D eigenvalue weighted by Crippen LogP contribution is -2.33. The van der Waals surface area contributed by atoms with Gasteiger partial charge in [0.25, 0.3) is 5.91 Å². The van der Waals surface area contributed by atoms with Crippen LogP contribution in [0.25, 0.3) is 0 Å². The maximum Gasteiger partial charge on any atom is 0.307 e. The minimum absolute atomic E-state index is 0.109. The fraction of sp³-hybridized carbons (Fsp3) is 0.263. The number of amides is 1. The lowest BCUT2D eigenvalue weighted by atomic mass is 10.1. The van der Waals surface area contributed by atoms with Crippen molar-refractivity contribution in [1.29, 1.82) is 0 Å². The van der Waals surface area contributed by atoms with E-state index in [2.05, 4.69) is 4.74 Å². The van der Waals surface area contributed by atoms with E-state index in [1.165, 1.54) is 14.2 Å². The molecule has 6 heteroatoms. The van der Waals surface area contributed by atoms with Crippen LogP contribution in [0.5, 0.6) is 5.75 Å². The van der Waals surface area contributed by atoms with Gasteiger partial charge in [-0.2, -0.15) is 0 Å². The van der Waals surface area contributed by atoms with E-state index < -0.39 is 0 Å². The average molecular weight is 362 g/mol. The summed E-state index contributed by atoms with van der Waals surface area (Å²) in [6.07, 6.45) is 0.109. The van der Waals surface area contributed by atoms with Crippen LogP contribution in [-0.2, 0) is 16.1 Å². The Bertz CT molecular complexity index is 733. The molecule has 0 N–H and O–H groups in total. The zero-order valence-electron chi connectivity index (χ0n) is 14.2. The van der Waals surface area contributed by atoms with Gasteiger partial charge in [-0.1, -0.05) is 41.9 Å². The van der Waals surface area contributed by atoms with Gasteiger partial charge in [-0.05, 0) is 23.8 Å². The molecule has 0 atom stereocenters. The van der Waals surface area contributed by atoms with Crippen LogP contribution in [0.3, 0.4) is 0 Å². The summed E-state index contributed by atoms with van der Waals surface area (Å²) in [7, 11) is 2.82. The quantitative estimate of drug-likeness (QED) is 0.708. The van der Waals surface area contributed by atoms with Crippen molar-refractivity contribution in [2.75, 3.05) is 20.8 Å². The summed E-state index contributed by atoms with van der Waals surface area (Å²) < 4.78 is 9.95. The van der Waals surface area contributed by atoms with E-state index in [4.69, 9.17) is 16.3 Å². The summed E-state index contributed by atoms with van der Waals surface area (Å²) in [5, 5.41) is 0.441. The molecule has 2 aromatic carbocycles. The Balaban J connectivity index is 2.28. The van der Waals surface area contributed by atoms with E-state index in [1.807, 2.05) is 30.3 Å². The molecule has 1 amide bonds. The molecule has 0 heterocycles. The van der Waals surface area contributed by atoms with Gasteiger partial charge < -0.3 is 14.4 Å². The van der Waals surface area contributed by atoms with Gasteiger partial charge in [0, 0.05) is 18.1 Å². The van der Waals surface area contributed by atoms with Crippen molar-refractivity contribution in [3.8, 4) is 5.75 Å². The highest BCUT2D eigenvalue weighted by atomic mass is 35.5. The monoisotopic (exact) mass is 361 g/mol. The minimum atomic E-state index is -0.371. The maximum absolute atomic E-state index is 13.0. The highest BCUT2D eigenvalue weighted by molar-refractivity contribution is 6.31. The minimum Gasteiger partial charge on any atom is -0.496 e. The summed E-state index contributed by atoms with van der Waals surface area (Å²) in [5.74, 6) is -0.193. The van der Waals surface area contributed by atoms with E-state index in [-0.39, 0.29) is 24.8 Å². The van der Waals surface area contributed by atoms with E-state index in [0.717, 1.165) is 5.56 Å². The van der Waals surface area contributed by atoms with E-state index in [0.29, 0.717) is 22.9 Å². The topological polar surface area (TPSA) is 55.8 Å². The molecule has 0 aromatic heterocycles. The summed E-state index contributed by atoms with van der Waals surface area (Å²) in [6, 6.07) is 14.4. The van der Waals surface area contributed by atoms with Crippen LogP contribution < -0.4 is 4.74 Å².